The molecule has 1 aliphatic rings. The molecule has 21 heavy (non-hydrogen) atoms. The van der Waals surface area contributed by atoms with Gasteiger partial charge >= 0.3 is 0 Å². The summed E-state index contributed by atoms with van der Waals surface area (Å²) < 4.78 is 0. The van der Waals surface area contributed by atoms with E-state index in [1.165, 1.54) is 11.3 Å². The topological polar surface area (TPSA) is 66.2 Å². The van der Waals surface area contributed by atoms with Crippen LogP contribution in [0.3, 0.4) is 0 Å². The number of hydrogen-bond acceptors (Lipinski definition) is 5. The van der Waals surface area contributed by atoms with Gasteiger partial charge in [-0.3, -0.25) is 4.98 Å². The quantitative estimate of drug-likeness (QED) is 0.724. The minimum Gasteiger partial charge on any atom is -0.383 e. The van der Waals surface area contributed by atoms with Gasteiger partial charge in [0.2, 0.25) is 0 Å². The van der Waals surface area contributed by atoms with Crippen LogP contribution in [-0.4, -0.2) is 20.2 Å². The van der Waals surface area contributed by atoms with Crippen molar-refractivity contribution < 1.29 is 10.2 Å². The molecule has 0 saturated heterocycles. The molecule has 2 unspecified atom stereocenters. The zero-order valence-corrected chi connectivity index (χ0v) is 11.8. The molecular weight excluding hydrogens is 284 g/mol. The fraction of sp³-hybridized carbons (Fsp3) is 0.125. The average molecular weight is 296 g/mol. The molecule has 2 atom stereocenters. The molecule has 0 saturated carbocycles. The molecule has 3 aromatic rings. The Labute approximate surface area is 125 Å². The van der Waals surface area contributed by atoms with Gasteiger partial charge in [0.05, 0.1) is 16.3 Å². The molecule has 4 rings (SSSR count). The zero-order valence-electron chi connectivity index (χ0n) is 11.0. The maximum Gasteiger partial charge on any atom is 0.142 e. The summed E-state index contributed by atoms with van der Waals surface area (Å²) >= 11 is 1.38. The smallest absolute Gasteiger partial charge is 0.142 e. The SMILES string of the molecule is OC1c2ccccc2C(O)c2sc(-c3ccccn3)nc21. The standard InChI is InChI=1S/C16H12N2O2S/c19-13-9-5-1-2-6-10(9)14(20)15-12(13)18-16(21-15)11-7-3-4-8-17-11/h1-8,13-14,19-20H. The van der Waals surface area contributed by atoms with Gasteiger partial charge in [-0.25, -0.2) is 4.98 Å². The lowest BCUT2D eigenvalue weighted by Crippen LogP contribution is -2.16. The maximum atomic E-state index is 10.5. The van der Waals surface area contributed by atoms with Crippen molar-refractivity contribution >= 4 is 11.3 Å². The molecular formula is C16H12N2O2S. The van der Waals surface area contributed by atoms with Crippen LogP contribution in [0.4, 0.5) is 0 Å². The van der Waals surface area contributed by atoms with Crippen molar-refractivity contribution in [3.63, 3.8) is 0 Å². The highest BCUT2D eigenvalue weighted by Crippen LogP contribution is 2.44. The van der Waals surface area contributed by atoms with Crippen LogP contribution >= 0.6 is 11.3 Å². The number of aliphatic hydroxyl groups is 2. The van der Waals surface area contributed by atoms with E-state index in [1.807, 2.05) is 42.5 Å². The number of pyridine rings is 1. The van der Waals surface area contributed by atoms with E-state index in [0.29, 0.717) is 15.6 Å². The maximum absolute atomic E-state index is 10.5. The van der Waals surface area contributed by atoms with E-state index in [-0.39, 0.29) is 0 Å². The van der Waals surface area contributed by atoms with Crippen LogP contribution < -0.4 is 0 Å². The minimum absolute atomic E-state index is 0.534. The molecule has 0 amide bonds. The predicted molar refractivity (Wildman–Crippen MR) is 79.9 cm³/mol. The fourth-order valence-electron chi connectivity index (χ4n) is 2.63. The van der Waals surface area contributed by atoms with Gasteiger partial charge in [0.25, 0.3) is 0 Å². The van der Waals surface area contributed by atoms with Gasteiger partial charge in [-0.2, -0.15) is 0 Å². The zero-order chi connectivity index (χ0) is 14.4. The molecule has 5 heteroatoms. The summed E-state index contributed by atoms with van der Waals surface area (Å²) in [5.74, 6) is 0. The third kappa shape index (κ3) is 1.90. The number of nitrogens with zero attached hydrogens (tertiary/aromatic N) is 2. The molecule has 1 aromatic carbocycles. The summed E-state index contributed by atoms with van der Waals surface area (Å²) in [7, 11) is 0. The van der Waals surface area contributed by atoms with E-state index in [0.717, 1.165) is 16.8 Å². The molecule has 2 N–H and O–H groups in total. The van der Waals surface area contributed by atoms with Crippen LogP contribution in [0.15, 0.2) is 48.7 Å². The van der Waals surface area contributed by atoms with Gasteiger partial charge in [-0.15, -0.1) is 11.3 Å². The Morgan fingerprint density at radius 2 is 1.62 bits per heavy atom. The summed E-state index contributed by atoms with van der Waals surface area (Å²) in [5, 5.41) is 21.7. The van der Waals surface area contributed by atoms with Crippen molar-refractivity contribution in [2.75, 3.05) is 0 Å². The molecule has 2 heterocycles. The van der Waals surface area contributed by atoms with Crippen molar-refractivity contribution in [2.45, 2.75) is 12.2 Å². The molecule has 104 valence electrons. The monoisotopic (exact) mass is 296 g/mol. The molecule has 4 nitrogen and oxygen atoms in total. The molecule has 1 aliphatic carbocycles. The number of benzene rings is 1. The summed E-state index contributed by atoms with van der Waals surface area (Å²) in [5.41, 5.74) is 2.75. The third-order valence-electron chi connectivity index (χ3n) is 3.66. The summed E-state index contributed by atoms with van der Waals surface area (Å²) in [6, 6.07) is 13.0. The van der Waals surface area contributed by atoms with Crippen LogP contribution in [0.25, 0.3) is 10.7 Å². The first-order chi connectivity index (χ1) is 10.3. The van der Waals surface area contributed by atoms with Crippen molar-refractivity contribution in [3.05, 3.63) is 70.4 Å². The lowest BCUT2D eigenvalue weighted by molar-refractivity contribution is 0.173. The number of thiazole rings is 1. The molecule has 0 spiro atoms. The van der Waals surface area contributed by atoms with Gasteiger partial charge in [0, 0.05) is 6.20 Å². The van der Waals surface area contributed by atoms with Crippen LogP contribution in [0.1, 0.15) is 33.9 Å². The van der Waals surface area contributed by atoms with Crippen LogP contribution in [0.2, 0.25) is 0 Å². The predicted octanol–water partition coefficient (Wildman–Crippen LogP) is 2.68. The fourth-order valence-corrected chi connectivity index (χ4v) is 3.71. The largest absolute Gasteiger partial charge is 0.383 e. The second kappa shape index (κ2) is 4.73. The van der Waals surface area contributed by atoms with Crippen molar-refractivity contribution in [1.29, 1.82) is 0 Å². The van der Waals surface area contributed by atoms with Crippen molar-refractivity contribution in [3.8, 4) is 10.7 Å². The Balaban J connectivity index is 1.87. The molecule has 0 bridgehead atoms. The van der Waals surface area contributed by atoms with E-state index < -0.39 is 12.2 Å². The highest BCUT2D eigenvalue weighted by Gasteiger charge is 2.33. The van der Waals surface area contributed by atoms with Gasteiger partial charge in [-0.05, 0) is 23.3 Å². The van der Waals surface area contributed by atoms with E-state index in [1.54, 1.807) is 6.20 Å². The van der Waals surface area contributed by atoms with Gasteiger partial charge in [0.15, 0.2) is 0 Å². The van der Waals surface area contributed by atoms with Crippen molar-refractivity contribution in [1.82, 2.24) is 9.97 Å². The second-order valence-corrected chi connectivity index (χ2v) is 5.95. The van der Waals surface area contributed by atoms with E-state index in [2.05, 4.69) is 9.97 Å². The number of rotatable bonds is 1. The van der Waals surface area contributed by atoms with Crippen LogP contribution in [0.5, 0.6) is 0 Å². The highest BCUT2D eigenvalue weighted by atomic mass is 32.1. The summed E-state index contributed by atoms with van der Waals surface area (Å²) in [4.78, 5) is 9.47. The third-order valence-corrected chi connectivity index (χ3v) is 4.80. The Morgan fingerprint density at radius 3 is 2.33 bits per heavy atom. The first-order valence-corrected chi connectivity index (χ1v) is 7.44. The number of aromatic nitrogens is 2. The van der Waals surface area contributed by atoms with Gasteiger partial charge < -0.3 is 10.2 Å². The van der Waals surface area contributed by atoms with Crippen LogP contribution in [0, 0.1) is 0 Å². The second-order valence-electron chi connectivity index (χ2n) is 4.92. The Bertz CT molecular complexity index is 755. The van der Waals surface area contributed by atoms with E-state index in [4.69, 9.17) is 0 Å². The lowest BCUT2D eigenvalue weighted by atomic mass is 9.89. The minimum atomic E-state index is -0.798. The van der Waals surface area contributed by atoms with E-state index in [9.17, 15) is 10.2 Å². The first-order valence-electron chi connectivity index (χ1n) is 6.62. The molecule has 0 radical (unpaired) electrons. The van der Waals surface area contributed by atoms with Crippen LogP contribution in [-0.2, 0) is 0 Å². The average Bonchev–Trinajstić information content (AvgIpc) is 2.99. The Morgan fingerprint density at radius 1 is 0.905 bits per heavy atom. The van der Waals surface area contributed by atoms with Gasteiger partial charge in [0.1, 0.15) is 17.2 Å². The lowest BCUT2D eigenvalue weighted by Gasteiger charge is -2.24. The number of hydrogen-bond donors (Lipinski definition) is 2. The molecule has 0 fully saturated rings. The normalized spacial score (nSPS) is 19.9. The number of fused-ring (bicyclic) bond motifs is 2. The van der Waals surface area contributed by atoms with Crippen molar-refractivity contribution in [2.24, 2.45) is 0 Å². The Hall–Kier alpha value is -2.08. The molecule has 2 aromatic heterocycles. The highest BCUT2D eigenvalue weighted by molar-refractivity contribution is 7.15. The summed E-state index contributed by atoms with van der Waals surface area (Å²) in [6.07, 6.45) is 0.167. The first kappa shape index (κ1) is 12.6. The molecule has 0 aliphatic heterocycles. The number of aliphatic hydroxyl groups excluding tert-OH is 2. The van der Waals surface area contributed by atoms with E-state index >= 15 is 0 Å². The Kier molecular flexibility index (Phi) is 2.85. The van der Waals surface area contributed by atoms with Gasteiger partial charge in [-0.1, -0.05) is 30.3 Å². The summed E-state index contributed by atoms with van der Waals surface area (Å²) in [6.45, 7) is 0.